The fourth-order valence-electron chi connectivity index (χ4n) is 2.20. The van der Waals surface area contributed by atoms with Gasteiger partial charge in [-0.05, 0) is 12.1 Å². The van der Waals surface area contributed by atoms with Gasteiger partial charge in [0.25, 0.3) is 0 Å². The van der Waals surface area contributed by atoms with Crippen LogP contribution in [0, 0.1) is 0 Å². The van der Waals surface area contributed by atoms with Crippen LogP contribution in [0.2, 0.25) is 0 Å². The van der Waals surface area contributed by atoms with Crippen molar-refractivity contribution in [3.8, 4) is 11.3 Å². The molecule has 106 valence electrons. The predicted molar refractivity (Wildman–Crippen MR) is 88.7 cm³/mol. The third-order valence-corrected chi connectivity index (χ3v) is 3.58. The molecule has 0 aliphatic rings. The van der Waals surface area contributed by atoms with Crippen LogP contribution < -0.4 is 5.73 Å². The topological polar surface area (TPSA) is 43.8 Å². The van der Waals surface area contributed by atoms with E-state index in [0.717, 1.165) is 21.6 Å². The molecule has 1 aromatic carbocycles. The second-order valence-electron chi connectivity index (χ2n) is 5.83. The molecule has 0 radical (unpaired) electrons. The molecule has 0 atom stereocenters. The van der Waals surface area contributed by atoms with Gasteiger partial charge in [0.2, 0.25) is 0 Å². The number of benzene rings is 1. The van der Waals surface area contributed by atoms with Crippen LogP contribution >= 0.6 is 15.9 Å². The van der Waals surface area contributed by atoms with Gasteiger partial charge in [0, 0.05) is 22.0 Å². The average molecular weight is 334 g/mol. The maximum absolute atomic E-state index is 6.31. The molecule has 0 saturated carbocycles. The van der Waals surface area contributed by atoms with Crippen molar-refractivity contribution < 1.29 is 0 Å². The van der Waals surface area contributed by atoms with Crippen molar-refractivity contribution >= 4 is 21.7 Å². The Hall–Kier alpha value is -1.55. The Balaban J connectivity index is 2.64. The zero-order valence-corrected chi connectivity index (χ0v) is 13.7. The maximum Gasteiger partial charge on any atom is 0.132 e. The lowest BCUT2D eigenvalue weighted by atomic mass is 9.95. The highest BCUT2D eigenvalue weighted by atomic mass is 79.9. The van der Waals surface area contributed by atoms with Crippen LogP contribution in [-0.4, -0.2) is 9.55 Å². The van der Waals surface area contributed by atoms with E-state index in [9.17, 15) is 0 Å². The normalized spacial score (nSPS) is 11.6. The molecule has 0 aliphatic carbocycles. The first kappa shape index (κ1) is 14.9. The van der Waals surface area contributed by atoms with Gasteiger partial charge >= 0.3 is 0 Å². The van der Waals surface area contributed by atoms with Gasteiger partial charge in [-0.2, -0.15) is 0 Å². The van der Waals surface area contributed by atoms with E-state index < -0.39 is 0 Å². The van der Waals surface area contributed by atoms with Gasteiger partial charge in [-0.15, -0.1) is 6.58 Å². The number of anilines is 1. The molecule has 0 amide bonds. The van der Waals surface area contributed by atoms with Crippen molar-refractivity contribution in [3.05, 3.63) is 47.2 Å². The lowest BCUT2D eigenvalue weighted by Gasteiger charge is -2.19. The minimum atomic E-state index is -0.0681. The Labute approximate surface area is 128 Å². The number of rotatable bonds is 3. The van der Waals surface area contributed by atoms with Crippen LogP contribution in [0.15, 0.2) is 41.4 Å². The summed E-state index contributed by atoms with van der Waals surface area (Å²) < 4.78 is 3.05. The Bertz CT molecular complexity index is 636. The largest absolute Gasteiger partial charge is 0.383 e. The molecule has 0 bridgehead atoms. The molecule has 3 nitrogen and oxygen atoms in total. The van der Waals surface area contributed by atoms with Crippen LogP contribution in [0.1, 0.15) is 26.6 Å². The zero-order valence-electron chi connectivity index (χ0n) is 12.2. The number of nitrogens with two attached hydrogens (primary N) is 1. The number of hydrogen-bond acceptors (Lipinski definition) is 2. The first-order valence-electron chi connectivity index (χ1n) is 6.58. The van der Waals surface area contributed by atoms with Gasteiger partial charge in [0.15, 0.2) is 0 Å². The molecule has 2 aromatic rings. The van der Waals surface area contributed by atoms with Gasteiger partial charge < -0.3 is 10.3 Å². The molecule has 2 N–H and O–H groups in total. The molecule has 0 saturated heterocycles. The Morgan fingerprint density at radius 2 is 2.10 bits per heavy atom. The number of imidazole rings is 1. The minimum absolute atomic E-state index is 0.0681. The van der Waals surface area contributed by atoms with Gasteiger partial charge in [-0.3, -0.25) is 0 Å². The highest BCUT2D eigenvalue weighted by Crippen LogP contribution is 2.32. The van der Waals surface area contributed by atoms with Gasteiger partial charge in [-0.1, -0.05) is 54.9 Å². The highest BCUT2D eigenvalue weighted by molar-refractivity contribution is 9.10. The van der Waals surface area contributed by atoms with Crippen molar-refractivity contribution in [2.45, 2.75) is 32.7 Å². The van der Waals surface area contributed by atoms with Gasteiger partial charge in [0.05, 0.1) is 0 Å². The molecule has 20 heavy (non-hydrogen) atoms. The molecule has 0 unspecified atom stereocenters. The second kappa shape index (κ2) is 5.44. The molecule has 0 aliphatic heterocycles. The number of nitrogens with zero attached hydrogens (tertiary/aromatic N) is 2. The van der Waals surface area contributed by atoms with Gasteiger partial charge in [-0.25, -0.2) is 4.98 Å². The molecular weight excluding hydrogens is 314 g/mol. The first-order valence-corrected chi connectivity index (χ1v) is 7.37. The molecule has 0 fully saturated rings. The summed E-state index contributed by atoms with van der Waals surface area (Å²) in [6, 6.07) is 8.03. The number of allylic oxidation sites excluding steroid dienone is 1. The summed E-state index contributed by atoms with van der Waals surface area (Å²) in [5.41, 5.74) is 8.09. The maximum atomic E-state index is 6.31. The predicted octanol–water partition coefficient (Wildman–Crippen LogP) is 4.38. The fourth-order valence-corrected chi connectivity index (χ4v) is 2.60. The van der Waals surface area contributed by atoms with E-state index in [1.165, 1.54) is 0 Å². The number of hydrogen-bond donors (Lipinski definition) is 1. The summed E-state index contributed by atoms with van der Waals surface area (Å²) in [7, 11) is 0. The van der Waals surface area contributed by atoms with Crippen molar-refractivity contribution in [1.29, 1.82) is 0 Å². The highest BCUT2D eigenvalue weighted by Gasteiger charge is 2.24. The van der Waals surface area contributed by atoms with Gasteiger partial charge in [0.1, 0.15) is 17.3 Å². The Morgan fingerprint density at radius 3 is 2.65 bits per heavy atom. The summed E-state index contributed by atoms with van der Waals surface area (Å²) in [5.74, 6) is 1.66. The lowest BCUT2D eigenvalue weighted by Crippen LogP contribution is -2.19. The monoisotopic (exact) mass is 333 g/mol. The van der Waals surface area contributed by atoms with Crippen LogP contribution in [0.25, 0.3) is 11.3 Å². The number of aromatic nitrogens is 2. The quantitative estimate of drug-likeness (QED) is 0.847. The van der Waals surface area contributed by atoms with Crippen molar-refractivity contribution in [1.82, 2.24) is 9.55 Å². The third-order valence-electron chi connectivity index (χ3n) is 3.09. The van der Waals surface area contributed by atoms with Crippen molar-refractivity contribution in [2.24, 2.45) is 0 Å². The minimum Gasteiger partial charge on any atom is -0.383 e. The molecule has 2 rings (SSSR count). The van der Waals surface area contributed by atoms with E-state index in [1.807, 2.05) is 34.9 Å². The van der Waals surface area contributed by atoms with Crippen LogP contribution in [0.4, 0.5) is 5.82 Å². The van der Waals surface area contributed by atoms with Crippen LogP contribution in [0.3, 0.4) is 0 Å². The van der Waals surface area contributed by atoms with Crippen LogP contribution in [-0.2, 0) is 12.0 Å². The average Bonchev–Trinajstić information content (AvgIpc) is 2.68. The zero-order chi connectivity index (χ0) is 14.9. The van der Waals surface area contributed by atoms with E-state index in [1.54, 1.807) is 0 Å². The summed E-state index contributed by atoms with van der Waals surface area (Å²) in [6.07, 6.45) is 1.85. The Morgan fingerprint density at radius 1 is 1.40 bits per heavy atom. The van der Waals surface area contributed by atoms with Crippen molar-refractivity contribution in [2.75, 3.05) is 5.73 Å². The van der Waals surface area contributed by atoms with E-state index in [2.05, 4.69) is 43.3 Å². The van der Waals surface area contributed by atoms with E-state index in [-0.39, 0.29) is 5.41 Å². The molecule has 1 heterocycles. The Kier molecular flexibility index (Phi) is 4.04. The van der Waals surface area contributed by atoms with E-state index >= 15 is 0 Å². The number of nitrogen functional groups attached to an aromatic ring is 1. The van der Waals surface area contributed by atoms with E-state index in [0.29, 0.717) is 12.4 Å². The first-order chi connectivity index (χ1) is 9.34. The standard InChI is InChI=1S/C16H20BrN3/c1-5-9-20-14(18)13(19-15(20)16(2,3)4)11-7-6-8-12(17)10-11/h5-8,10H,1,9,18H2,2-4H3. The summed E-state index contributed by atoms with van der Waals surface area (Å²) >= 11 is 3.49. The van der Waals surface area contributed by atoms with Crippen molar-refractivity contribution in [3.63, 3.8) is 0 Å². The van der Waals surface area contributed by atoms with E-state index in [4.69, 9.17) is 10.7 Å². The lowest BCUT2D eigenvalue weighted by molar-refractivity contribution is 0.515. The summed E-state index contributed by atoms with van der Waals surface area (Å²) in [4.78, 5) is 4.78. The summed E-state index contributed by atoms with van der Waals surface area (Å²) in [6.45, 7) is 10.9. The SMILES string of the molecule is C=CCn1c(C(C)(C)C)nc(-c2cccc(Br)c2)c1N. The third kappa shape index (κ3) is 2.80. The van der Waals surface area contributed by atoms with Crippen LogP contribution in [0.5, 0.6) is 0 Å². The molecule has 0 spiro atoms. The second-order valence-corrected chi connectivity index (χ2v) is 6.74. The summed E-state index contributed by atoms with van der Waals surface area (Å²) in [5, 5.41) is 0. The number of halogens is 1. The fraction of sp³-hybridized carbons (Fsp3) is 0.312. The molecule has 1 aromatic heterocycles. The molecular formula is C16H20BrN3. The molecule has 4 heteroatoms. The smallest absolute Gasteiger partial charge is 0.132 e.